The molecule has 0 aliphatic heterocycles. The van der Waals surface area contributed by atoms with E-state index in [1.165, 1.54) is 43.9 Å². The zero-order valence-corrected chi connectivity index (χ0v) is 11.7. The molecule has 0 atom stereocenters. The number of aromatic nitrogens is 2. The van der Waals surface area contributed by atoms with Gasteiger partial charge >= 0.3 is 6.01 Å². The molecule has 0 unspecified atom stereocenters. The Morgan fingerprint density at radius 1 is 1.32 bits per heavy atom. The van der Waals surface area contributed by atoms with Gasteiger partial charge in [-0.2, -0.15) is 0 Å². The summed E-state index contributed by atoms with van der Waals surface area (Å²) in [5, 5.41) is 0. The van der Waals surface area contributed by atoms with Gasteiger partial charge in [0.15, 0.2) is 5.88 Å². The quantitative estimate of drug-likeness (QED) is 0.495. The lowest BCUT2D eigenvalue weighted by atomic mass is 10.3. The van der Waals surface area contributed by atoms with E-state index in [0.717, 1.165) is 6.07 Å². The van der Waals surface area contributed by atoms with Crippen LogP contribution in [0.15, 0.2) is 47.5 Å². The Kier molecular flexibility index (Phi) is 4.86. The van der Waals surface area contributed by atoms with Crippen LogP contribution in [-0.2, 0) is 0 Å². The Morgan fingerprint density at radius 3 is 2.68 bits per heavy atom. The number of hydrogen-bond donors (Lipinski definition) is 2. The summed E-state index contributed by atoms with van der Waals surface area (Å²) in [6, 6.07) is 4.29. The van der Waals surface area contributed by atoms with E-state index in [4.69, 9.17) is 20.9 Å². The van der Waals surface area contributed by atoms with Gasteiger partial charge < -0.3 is 20.9 Å². The Labute approximate surface area is 126 Å². The number of methoxy groups -OCH3 is 1. The molecule has 0 bridgehead atoms. The topological polar surface area (TPSA) is 109 Å². The van der Waals surface area contributed by atoms with E-state index >= 15 is 0 Å². The molecule has 0 fully saturated rings. The Morgan fingerprint density at radius 2 is 2.05 bits per heavy atom. The summed E-state index contributed by atoms with van der Waals surface area (Å²) in [5.41, 5.74) is 11.6. The van der Waals surface area contributed by atoms with Crippen molar-refractivity contribution < 1.29 is 13.9 Å². The summed E-state index contributed by atoms with van der Waals surface area (Å²) < 4.78 is 23.3. The van der Waals surface area contributed by atoms with E-state index in [1.807, 2.05) is 0 Å². The van der Waals surface area contributed by atoms with Gasteiger partial charge in [-0.3, -0.25) is 4.99 Å². The molecule has 0 amide bonds. The van der Waals surface area contributed by atoms with Crippen LogP contribution >= 0.6 is 0 Å². The van der Waals surface area contributed by atoms with Gasteiger partial charge in [-0.25, -0.2) is 14.4 Å². The molecule has 8 heteroatoms. The molecular weight excluding hydrogens is 289 g/mol. The first-order valence-corrected chi connectivity index (χ1v) is 6.17. The fraction of sp³-hybridized carbons (Fsp3) is 0.0714. The predicted octanol–water partition coefficient (Wildman–Crippen LogP) is 1.79. The van der Waals surface area contributed by atoms with Crippen LogP contribution in [0.5, 0.6) is 11.8 Å². The number of anilines is 1. The molecule has 7 nitrogen and oxygen atoms in total. The first-order valence-electron chi connectivity index (χ1n) is 6.17. The first kappa shape index (κ1) is 15.2. The van der Waals surface area contributed by atoms with Crippen LogP contribution in [0.4, 0.5) is 15.8 Å². The summed E-state index contributed by atoms with van der Waals surface area (Å²) >= 11 is 0. The fourth-order valence-electron chi connectivity index (χ4n) is 1.42. The molecule has 1 aromatic carbocycles. The molecule has 0 saturated carbocycles. The standard InChI is InChI=1S/C14H14FN5O2/c1-21-14-19-7-9(8-20-14)18-5-4-13(17)22-10-2-3-12(16)11(15)6-10/h2-8H,16-17H2,1H3/b13-4+,18-5?. The van der Waals surface area contributed by atoms with Crippen molar-refractivity contribution in [1.29, 1.82) is 0 Å². The van der Waals surface area contributed by atoms with E-state index in [2.05, 4.69) is 15.0 Å². The van der Waals surface area contributed by atoms with Crippen LogP contribution < -0.4 is 20.9 Å². The van der Waals surface area contributed by atoms with Crippen molar-refractivity contribution in [3.63, 3.8) is 0 Å². The molecular formula is C14H14FN5O2. The molecule has 0 radical (unpaired) electrons. The normalized spacial score (nSPS) is 11.6. The molecule has 0 aliphatic rings. The maximum absolute atomic E-state index is 13.2. The van der Waals surface area contributed by atoms with Crippen molar-refractivity contribution >= 4 is 17.6 Å². The fourth-order valence-corrected chi connectivity index (χ4v) is 1.42. The molecule has 114 valence electrons. The second-order valence-electron chi connectivity index (χ2n) is 4.06. The van der Waals surface area contributed by atoms with Gasteiger partial charge in [0.05, 0.1) is 30.9 Å². The zero-order valence-electron chi connectivity index (χ0n) is 11.7. The smallest absolute Gasteiger partial charge is 0.316 e. The average Bonchev–Trinajstić information content (AvgIpc) is 2.51. The maximum Gasteiger partial charge on any atom is 0.316 e. The molecule has 2 rings (SSSR count). The lowest BCUT2D eigenvalue weighted by Crippen LogP contribution is -2.06. The van der Waals surface area contributed by atoms with Gasteiger partial charge in [-0.15, -0.1) is 0 Å². The minimum Gasteiger partial charge on any atom is -0.467 e. The number of allylic oxidation sites excluding steroid dienone is 1. The maximum atomic E-state index is 13.2. The van der Waals surface area contributed by atoms with Crippen molar-refractivity contribution in [2.24, 2.45) is 10.7 Å². The minimum absolute atomic E-state index is 0.0379. The van der Waals surface area contributed by atoms with Crippen molar-refractivity contribution in [2.75, 3.05) is 12.8 Å². The molecule has 0 spiro atoms. The summed E-state index contributed by atoms with van der Waals surface area (Å²) in [5.74, 6) is -0.293. The average molecular weight is 303 g/mol. The molecule has 1 aromatic heterocycles. The third-order valence-electron chi connectivity index (χ3n) is 2.47. The van der Waals surface area contributed by atoms with Crippen molar-refractivity contribution in [1.82, 2.24) is 9.97 Å². The van der Waals surface area contributed by atoms with Crippen LogP contribution in [0.2, 0.25) is 0 Å². The first-order chi connectivity index (χ1) is 10.6. The Bertz CT molecular complexity index is 701. The molecule has 22 heavy (non-hydrogen) atoms. The summed E-state index contributed by atoms with van der Waals surface area (Å²) in [6.45, 7) is 0. The third kappa shape index (κ3) is 4.17. The number of ether oxygens (including phenoxy) is 2. The third-order valence-corrected chi connectivity index (χ3v) is 2.47. The summed E-state index contributed by atoms with van der Waals surface area (Å²) in [6.07, 6.45) is 5.80. The monoisotopic (exact) mass is 303 g/mol. The highest BCUT2D eigenvalue weighted by molar-refractivity contribution is 5.74. The number of rotatable bonds is 5. The number of hydrogen-bond acceptors (Lipinski definition) is 7. The molecule has 0 saturated heterocycles. The lowest BCUT2D eigenvalue weighted by Gasteiger charge is -2.05. The van der Waals surface area contributed by atoms with Crippen molar-refractivity contribution in [2.45, 2.75) is 0 Å². The predicted molar refractivity (Wildman–Crippen MR) is 80.4 cm³/mol. The number of nitrogen functional groups attached to an aromatic ring is 1. The molecule has 4 N–H and O–H groups in total. The second kappa shape index (κ2) is 7.02. The van der Waals surface area contributed by atoms with Gasteiger partial charge in [0.2, 0.25) is 0 Å². The molecule has 1 heterocycles. The van der Waals surface area contributed by atoms with Gasteiger partial charge in [0.25, 0.3) is 0 Å². The number of benzene rings is 1. The van der Waals surface area contributed by atoms with Crippen LogP contribution in [0.25, 0.3) is 0 Å². The summed E-state index contributed by atoms with van der Waals surface area (Å²) in [7, 11) is 1.47. The largest absolute Gasteiger partial charge is 0.467 e. The Hall–Kier alpha value is -3.16. The van der Waals surface area contributed by atoms with Crippen LogP contribution in [0.3, 0.4) is 0 Å². The molecule has 2 aromatic rings. The van der Waals surface area contributed by atoms with E-state index in [-0.39, 0.29) is 23.3 Å². The second-order valence-corrected chi connectivity index (χ2v) is 4.06. The SMILES string of the molecule is COc1ncc(N=C/C=C(\N)Oc2ccc(N)c(F)c2)cn1. The van der Waals surface area contributed by atoms with Crippen molar-refractivity contribution in [3.8, 4) is 11.8 Å². The van der Waals surface area contributed by atoms with Gasteiger partial charge in [-0.1, -0.05) is 0 Å². The van der Waals surface area contributed by atoms with E-state index < -0.39 is 5.82 Å². The number of nitrogens with zero attached hydrogens (tertiary/aromatic N) is 3. The van der Waals surface area contributed by atoms with Crippen LogP contribution in [0, 0.1) is 5.82 Å². The number of halogens is 1. The van der Waals surface area contributed by atoms with Crippen LogP contribution in [0.1, 0.15) is 0 Å². The van der Waals surface area contributed by atoms with Crippen molar-refractivity contribution in [3.05, 3.63) is 48.4 Å². The van der Waals surface area contributed by atoms with E-state index in [1.54, 1.807) is 0 Å². The van der Waals surface area contributed by atoms with Crippen LogP contribution in [-0.4, -0.2) is 23.3 Å². The highest BCUT2D eigenvalue weighted by Gasteiger charge is 2.01. The Balaban J connectivity index is 1.99. The minimum atomic E-state index is -0.575. The van der Waals surface area contributed by atoms with Gasteiger partial charge in [-0.05, 0) is 12.1 Å². The zero-order chi connectivity index (χ0) is 15.9. The highest BCUT2D eigenvalue weighted by Crippen LogP contribution is 2.18. The van der Waals surface area contributed by atoms with Gasteiger partial charge in [0.1, 0.15) is 11.6 Å². The number of nitrogens with two attached hydrogens (primary N) is 2. The van der Waals surface area contributed by atoms with E-state index in [0.29, 0.717) is 5.69 Å². The highest BCUT2D eigenvalue weighted by atomic mass is 19.1. The number of aliphatic imine (C=N–C) groups is 1. The lowest BCUT2D eigenvalue weighted by molar-refractivity contribution is 0.380. The summed E-state index contributed by atoms with van der Waals surface area (Å²) in [4.78, 5) is 11.9. The molecule has 0 aliphatic carbocycles. The van der Waals surface area contributed by atoms with Gasteiger partial charge in [0, 0.05) is 18.4 Å². The van der Waals surface area contributed by atoms with E-state index in [9.17, 15) is 4.39 Å².